The zero-order chi connectivity index (χ0) is 16.2. The fourth-order valence-corrected chi connectivity index (χ4v) is 4.32. The number of ether oxygens (including phenoxy) is 1. The van der Waals surface area contributed by atoms with E-state index in [2.05, 4.69) is 0 Å². The van der Waals surface area contributed by atoms with Crippen LogP contribution in [0.3, 0.4) is 0 Å². The smallest absolute Gasteiger partial charge is 0.246 e. The Labute approximate surface area is 131 Å². The molecule has 1 aromatic rings. The molecular weight excluding hydrogens is 302 g/mol. The Morgan fingerprint density at radius 2 is 2.05 bits per heavy atom. The average molecular weight is 323 g/mol. The molecule has 0 radical (unpaired) electrons. The van der Waals surface area contributed by atoms with Gasteiger partial charge in [0.25, 0.3) is 0 Å². The van der Waals surface area contributed by atoms with Gasteiger partial charge in [0, 0.05) is 18.7 Å². The zero-order valence-corrected chi connectivity index (χ0v) is 13.7. The van der Waals surface area contributed by atoms with Gasteiger partial charge in [-0.25, -0.2) is 8.42 Å². The quantitative estimate of drug-likeness (QED) is 0.774. The Bertz CT molecular complexity index is 649. The van der Waals surface area contributed by atoms with Gasteiger partial charge in [-0.15, -0.1) is 0 Å². The van der Waals surface area contributed by atoms with E-state index < -0.39 is 9.84 Å². The summed E-state index contributed by atoms with van der Waals surface area (Å²) in [5.74, 6) is 0.849. The Morgan fingerprint density at radius 1 is 1.36 bits per heavy atom. The van der Waals surface area contributed by atoms with E-state index in [4.69, 9.17) is 4.74 Å². The van der Waals surface area contributed by atoms with Gasteiger partial charge in [0.2, 0.25) is 5.91 Å². The summed E-state index contributed by atoms with van der Waals surface area (Å²) in [5.41, 5.74) is 0.893. The second-order valence-corrected chi connectivity index (χ2v) is 7.52. The molecule has 0 aromatic heterocycles. The van der Waals surface area contributed by atoms with Crippen molar-refractivity contribution in [2.24, 2.45) is 0 Å². The highest BCUT2D eigenvalue weighted by atomic mass is 32.2. The molecule has 1 heterocycles. The number of carbonyl (C=O) groups excluding carboxylic acids is 1. The van der Waals surface area contributed by atoms with Gasteiger partial charge < -0.3 is 9.64 Å². The molecule has 0 spiro atoms. The zero-order valence-electron chi connectivity index (χ0n) is 12.9. The molecule has 1 aliphatic heterocycles. The lowest BCUT2D eigenvalue weighted by atomic mass is 10.2. The highest BCUT2D eigenvalue weighted by Crippen LogP contribution is 2.18. The van der Waals surface area contributed by atoms with Crippen molar-refractivity contribution in [3.05, 3.63) is 35.9 Å². The van der Waals surface area contributed by atoms with Crippen molar-refractivity contribution in [2.45, 2.75) is 19.4 Å². The SMILES string of the molecule is CCN(C(=O)/C=C/c1ccc(OC)cc1)[C@@H]1CCS(=O)(=O)C1. The largest absolute Gasteiger partial charge is 0.497 e. The Hall–Kier alpha value is -1.82. The molecule has 1 aromatic carbocycles. The van der Waals surface area contributed by atoms with E-state index in [1.807, 2.05) is 31.2 Å². The molecule has 1 fully saturated rings. The molecular formula is C16H21NO4S. The predicted octanol–water partition coefficient (Wildman–Crippen LogP) is 1.74. The third kappa shape index (κ3) is 4.10. The number of methoxy groups -OCH3 is 1. The van der Waals surface area contributed by atoms with Crippen LogP contribution in [-0.2, 0) is 14.6 Å². The molecule has 0 unspecified atom stereocenters. The van der Waals surface area contributed by atoms with E-state index in [0.29, 0.717) is 13.0 Å². The fourth-order valence-electron chi connectivity index (χ4n) is 2.59. The van der Waals surface area contributed by atoms with Crippen molar-refractivity contribution in [1.82, 2.24) is 4.90 Å². The average Bonchev–Trinajstić information content (AvgIpc) is 2.86. The number of likely N-dealkylation sites (N-methyl/N-ethyl adjacent to an activating group) is 1. The molecule has 0 saturated carbocycles. The van der Waals surface area contributed by atoms with Gasteiger partial charge in [-0.05, 0) is 37.1 Å². The minimum absolute atomic E-state index is 0.0724. The predicted molar refractivity (Wildman–Crippen MR) is 86.5 cm³/mol. The number of nitrogens with zero attached hydrogens (tertiary/aromatic N) is 1. The van der Waals surface area contributed by atoms with Crippen molar-refractivity contribution in [1.29, 1.82) is 0 Å². The molecule has 0 bridgehead atoms. The highest BCUT2D eigenvalue weighted by Gasteiger charge is 2.33. The first-order chi connectivity index (χ1) is 10.4. The van der Waals surface area contributed by atoms with Crippen LogP contribution in [0.2, 0.25) is 0 Å². The van der Waals surface area contributed by atoms with Crippen LogP contribution in [0.1, 0.15) is 18.9 Å². The molecule has 120 valence electrons. The third-order valence-corrected chi connectivity index (χ3v) is 5.56. The van der Waals surface area contributed by atoms with Crippen LogP contribution in [-0.4, -0.2) is 50.4 Å². The first-order valence-electron chi connectivity index (χ1n) is 7.28. The van der Waals surface area contributed by atoms with Crippen molar-refractivity contribution >= 4 is 21.8 Å². The topological polar surface area (TPSA) is 63.7 Å². The van der Waals surface area contributed by atoms with Gasteiger partial charge in [0.1, 0.15) is 5.75 Å². The Balaban J connectivity index is 2.04. The number of hydrogen-bond donors (Lipinski definition) is 0. The number of rotatable bonds is 5. The molecule has 0 aliphatic carbocycles. The molecule has 6 heteroatoms. The standard InChI is InChI=1S/C16H21NO4S/c1-3-17(14-10-11-22(19,20)12-14)16(18)9-6-13-4-7-15(21-2)8-5-13/h4-9,14H,3,10-12H2,1-2H3/b9-6+/t14-/m1/s1. The van der Waals surface area contributed by atoms with Gasteiger partial charge >= 0.3 is 0 Å². The van der Waals surface area contributed by atoms with Crippen molar-refractivity contribution in [3.63, 3.8) is 0 Å². The van der Waals surface area contributed by atoms with Crippen molar-refractivity contribution < 1.29 is 17.9 Å². The van der Waals surface area contributed by atoms with Crippen molar-refractivity contribution in [2.75, 3.05) is 25.2 Å². The number of benzene rings is 1. The maximum absolute atomic E-state index is 12.3. The summed E-state index contributed by atoms with van der Waals surface area (Å²) in [5, 5.41) is 0. The normalized spacial score (nSPS) is 20.2. The molecule has 1 amide bonds. The van der Waals surface area contributed by atoms with Crippen LogP contribution < -0.4 is 4.74 Å². The van der Waals surface area contributed by atoms with E-state index >= 15 is 0 Å². The lowest BCUT2D eigenvalue weighted by molar-refractivity contribution is -0.127. The summed E-state index contributed by atoms with van der Waals surface area (Å²) in [7, 11) is -1.39. The van der Waals surface area contributed by atoms with E-state index in [0.717, 1.165) is 11.3 Å². The Morgan fingerprint density at radius 3 is 2.55 bits per heavy atom. The summed E-state index contributed by atoms with van der Waals surface area (Å²) in [6.45, 7) is 2.37. The molecule has 2 rings (SSSR count). The summed E-state index contributed by atoms with van der Waals surface area (Å²) < 4.78 is 28.2. The molecule has 22 heavy (non-hydrogen) atoms. The van der Waals surface area contributed by atoms with Crippen LogP contribution >= 0.6 is 0 Å². The van der Waals surface area contributed by atoms with Crippen LogP contribution in [0, 0.1) is 0 Å². The van der Waals surface area contributed by atoms with E-state index in [1.165, 1.54) is 6.08 Å². The Kier molecular flexibility index (Phi) is 5.24. The van der Waals surface area contributed by atoms with Crippen LogP contribution in [0.4, 0.5) is 0 Å². The van der Waals surface area contributed by atoms with Gasteiger partial charge in [-0.3, -0.25) is 4.79 Å². The number of hydrogen-bond acceptors (Lipinski definition) is 4. The fraction of sp³-hybridized carbons (Fsp3) is 0.438. The second kappa shape index (κ2) is 6.96. The molecule has 1 atom stereocenters. The third-order valence-electron chi connectivity index (χ3n) is 3.81. The molecule has 1 aliphatic rings. The first kappa shape index (κ1) is 16.5. The second-order valence-electron chi connectivity index (χ2n) is 5.29. The number of carbonyl (C=O) groups is 1. The molecule has 0 N–H and O–H groups in total. The minimum atomic E-state index is -2.99. The van der Waals surface area contributed by atoms with Crippen LogP contribution in [0.5, 0.6) is 5.75 Å². The van der Waals surface area contributed by atoms with E-state index in [9.17, 15) is 13.2 Å². The monoisotopic (exact) mass is 323 g/mol. The summed E-state index contributed by atoms with van der Waals surface area (Å²) in [4.78, 5) is 13.9. The molecule has 5 nitrogen and oxygen atoms in total. The number of sulfone groups is 1. The van der Waals surface area contributed by atoms with Gasteiger partial charge in [0.05, 0.1) is 18.6 Å². The lowest BCUT2D eigenvalue weighted by Gasteiger charge is -2.25. The summed E-state index contributed by atoms with van der Waals surface area (Å²) >= 11 is 0. The maximum Gasteiger partial charge on any atom is 0.246 e. The van der Waals surface area contributed by atoms with Crippen LogP contribution in [0.25, 0.3) is 6.08 Å². The minimum Gasteiger partial charge on any atom is -0.497 e. The van der Waals surface area contributed by atoms with Gasteiger partial charge in [-0.1, -0.05) is 12.1 Å². The van der Waals surface area contributed by atoms with Crippen molar-refractivity contribution in [3.8, 4) is 5.75 Å². The lowest BCUT2D eigenvalue weighted by Crippen LogP contribution is -2.40. The number of amides is 1. The highest BCUT2D eigenvalue weighted by molar-refractivity contribution is 7.91. The summed E-state index contributed by atoms with van der Waals surface area (Å²) in [6.07, 6.45) is 3.75. The van der Waals surface area contributed by atoms with Gasteiger partial charge in [-0.2, -0.15) is 0 Å². The van der Waals surface area contributed by atoms with Gasteiger partial charge in [0.15, 0.2) is 9.84 Å². The summed E-state index contributed by atoms with van der Waals surface area (Å²) in [6, 6.07) is 7.16. The molecule has 1 saturated heterocycles. The van der Waals surface area contributed by atoms with E-state index in [1.54, 1.807) is 18.1 Å². The first-order valence-corrected chi connectivity index (χ1v) is 9.10. The van der Waals surface area contributed by atoms with Crippen LogP contribution in [0.15, 0.2) is 30.3 Å². The van der Waals surface area contributed by atoms with E-state index in [-0.39, 0.29) is 23.5 Å². The maximum atomic E-state index is 12.3.